The van der Waals surface area contributed by atoms with Gasteiger partial charge in [-0.1, -0.05) is 0 Å². The molecule has 3 nitrogen and oxygen atoms in total. The standard InChI is InChI=1S/C13H17N3S/c1-4-15-13(16-5-1)9-17-12-6-11(7-14-8-12)10-2-3-10/h6-8,10H,1-5,9H2,(H,15,16). The van der Waals surface area contributed by atoms with Crippen molar-refractivity contribution in [2.45, 2.75) is 30.1 Å². The van der Waals surface area contributed by atoms with Crippen LogP contribution in [0.2, 0.25) is 0 Å². The Balaban J connectivity index is 1.60. The van der Waals surface area contributed by atoms with Crippen LogP contribution in [0.25, 0.3) is 0 Å². The van der Waals surface area contributed by atoms with Gasteiger partial charge in [0.2, 0.25) is 0 Å². The third kappa shape index (κ3) is 3.00. The smallest absolute Gasteiger partial charge is 0.107 e. The second-order valence-corrected chi connectivity index (χ2v) is 5.67. The lowest BCUT2D eigenvalue weighted by atomic mass is 10.2. The maximum Gasteiger partial charge on any atom is 0.107 e. The molecule has 0 spiro atoms. The van der Waals surface area contributed by atoms with Gasteiger partial charge in [0.1, 0.15) is 5.84 Å². The van der Waals surface area contributed by atoms with Gasteiger partial charge in [0, 0.05) is 30.4 Å². The topological polar surface area (TPSA) is 37.3 Å². The van der Waals surface area contributed by atoms with E-state index in [2.05, 4.69) is 21.4 Å². The molecule has 4 heteroatoms. The van der Waals surface area contributed by atoms with Crippen molar-refractivity contribution >= 4 is 17.6 Å². The number of pyridine rings is 1. The summed E-state index contributed by atoms with van der Waals surface area (Å²) in [6.45, 7) is 2.04. The monoisotopic (exact) mass is 247 g/mol. The lowest BCUT2D eigenvalue weighted by Crippen LogP contribution is -2.31. The first kappa shape index (κ1) is 11.1. The van der Waals surface area contributed by atoms with Crippen LogP contribution in [0.5, 0.6) is 0 Å². The highest BCUT2D eigenvalue weighted by Gasteiger charge is 2.23. The van der Waals surface area contributed by atoms with Crippen LogP contribution in [0, 0.1) is 0 Å². The van der Waals surface area contributed by atoms with Crippen molar-refractivity contribution in [3.05, 3.63) is 24.0 Å². The van der Waals surface area contributed by atoms with E-state index in [0.29, 0.717) is 0 Å². The van der Waals surface area contributed by atoms with Crippen LogP contribution in [-0.4, -0.2) is 29.7 Å². The van der Waals surface area contributed by atoms with E-state index < -0.39 is 0 Å². The predicted octanol–water partition coefficient (Wildman–Crippen LogP) is 2.44. The second kappa shape index (κ2) is 5.08. The van der Waals surface area contributed by atoms with Crippen molar-refractivity contribution in [1.82, 2.24) is 10.3 Å². The van der Waals surface area contributed by atoms with Gasteiger partial charge in [0.05, 0.1) is 5.75 Å². The van der Waals surface area contributed by atoms with Gasteiger partial charge in [0.15, 0.2) is 0 Å². The Labute approximate surface area is 106 Å². The van der Waals surface area contributed by atoms with E-state index in [1.165, 1.54) is 23.3 Å². The van der Waals surface area contributed by atoms with E-state index in [-0.39, 0.29) is 0 Å². The Bertz CT molecular complexity index is 426. The molecule has 0 amide bonds. The lowest BCUT2D eigenvalue weighted by molar-refractivity contribution is 0.740. The van der Waals surface area contributed by atoms with E-state index in [4.69, 9.17) is 0 Å². The van der Waals surface area contributed by atoms with Crippen molar-refractivity contribution in [3.8, 4) is 0 Å². The summed E-state index contributed by atoms with van der Waals surface area (Å²) in [6, 6.07) is 2.29. The number of hydrogen-bond donors (Lipinski definition) is 1. The molecule has 1 aromatic heterocycles. The molecule has 2 heterocycles. The number of nitrogens with zero attached hydrogens (tertiary/aromatic N) is 2. The van der Waals surface area contributed by atoms with Crippen molar-refractivity contribution in [2.75, 3.05) is 18.8 Å². The quantitative estimate of drug-likeness (QED) is 0.830. The highest BCUT2D eigenvalue weighted by atomic mass is 32.2. The molecule has 3 rings (SSSR count). The molecule has 0 aromatic carbocycles. The SMILES string of the molecule is c1ncc(C2CC2)cc1SCC1=NCCCN1. The van der Waals surface area contributed by atoms with E-state index >= 15 is 0 Å². The summed E-state index contributed by atoms with van der Waals surface area (Å²) in [6.07, 6.45) is 7.80. The predicted molar refractivity (Wildman–Crippen MR) is 71.9 cm³/mol. The average Bonchev–Trinajstić information content (AvgIpc) is 3.22. The van der Waals surface area contributed by atoms with E-state index in [0.717, 1.165) is 37.0 Å². The fourth-order valence-electron chi connectivity index (χ4n) is 1.98. The van der Waals surface area contributed by atoms with E-state index in [9.17, 15) is 0 Å². The van der Waals surface area contributed by atoms with Gasteiger partial charge in [0.25, 0.3) is 0 Å². The van der Waals surface area contributed by atoms with Crippen LogP contribution < -0.4 is 5.32 Å². The first-order chi connectivity index (χ1) is 8.42. The Kier molecular flexibility index (Phi) is 3.31. The minimum absolute atomic E-state index is 0.785. The number of aromatic nitrogens is 1. The third-order valence-electron chi connectivity index (χ3n) is 3.13. The van der Waals surface area contributed by atoms with Gasteiger partial charge in [-0.15, -0.1) is 11.8 Å². The Morgan fingerprint density at radius 1 is 1.35 bits per heavy atom. The molecule has 1 fully saturated rings. The van der Waals surface area contributed by atoms with Crippen LogP contribution in [0.15, 0.2) is 28.3 Å². The van der Waals surface area contributed by atoms with Crippen LogP contribution in [0.4, 0.5) is 0 Å². The maximum atomic E-state index is 4.48. The number of rotatable bonds is 4. The summed E-state index contributed by atoms with van der Waals surface area (Å²) in [5, 5.41) is 3.35. The molecule has 1 saturated carbocycles. The minimum Gasteiger partial charge on any atom is -0.373 e. The second-order valence-electron chi connectivity index (χ2n) is 4.63. The molecule has 0 bridgehead atoms. The summed E-state index contributed by atoms with van der Waals surface area (Å²) in [7, 11) is 0. The lowest BCUT2D eigenvalue weighted by Gasteiger charge is -2.14. The molecule has 0 atom stereocenters. The highest BCUT2D eigenvalue weighted by molar-refractivity contribution is 8.00. The van der Waals surface area contributed by atoms with Crippen LogP contribution in [-0.2, 0) is 0 Å². The maximum absolute atomic E-state index is 4.48. The summed E-state index contributed by atoms with van der Waals surface area (Å²) < 4.78 is 0. The first-order valence-electron chi connectivity index (χ1n) is 6.27. The van der Waals surface area contributed by atoms with Gasteiger partial charge in [-0.2, -0.15) is 0 Å². The first-order valence-corrected chi connectivity index (χ1v) is 7.25. The molecule has 0 saturated heterocycles. The number of hydrogen-bond acceptors (Lipinski definition) is 4. The molecular formula is C13H17N3S. The zero-order valence-electron chi connectivity index (χ0n) is 9.85. The van der Waals surface area contributed by atoms with E-state index in [1.54, 1.807) is 0 Å². The Morgan fingerprint density at radius 2 is 2.29 bits per heavy atom. The molecule has 90 valence electrons. The van der Waals surface area contributed by atoms with Crippen LogP contribution in [0.3, 0.4) is 0 Å². The molecule has 1 aromatic rings. The molecular weight excluding hydrogens is 230 g/mol. The number of nitrogens with one attached hydrogen (secondary N) is 1. The zero-order valence-corrected chi connectivity index (χ0v) is 10.7. The molecule has 2 aliphatic rings. The Hall–Kier alpha value is -1.03. The minimum atomic E-state index is 0.785. The Morgan fingerprint density at radius 3 is 3.06 bits per heavy atom. The van der Waals surface area contributed by atoms with Crippen molar-refractivity contribution in [2.24, 2.45) is 4.99 Å². The number of thioether (sulfide) groups is 1. The fourth-order valence-corrected chi connectivity index (χ4v) is 2.84. The largest absolute Gasteiger partial charge is 0.373 e. The summed E-state index contributed by atoms with van der Waals surface area (Å²) in [4.78, 5) is 10.1. The van der Waals surface area contributed by atoms with Gasteiger partial charge < -0.3 is 5.32 Å². The van der Waals surface area contributed by atoms with Crippen LogP contribution in [0.1, 0.15) is 30.7 Å². The van der Waals surface area contributed by atoms with Gasteiger partial charge in [-0.05, 0) is 36.8 Å². The van der Waals surface area contributed by atoms with Crippen molar-refractivity contribution in [1.29, 1.82) is 0 Å². The van der Waals surface area contributed by atoms with E-state index in [1.807, 2.05) is 24.2 Å². The fraction of sp³-hybridized carbons (Fsp3) is 0.538. The molecule has 1 aliphatic carbocycles. The molecule has 0 unspecified atom stereocenters. The van der Waals surface area contributed by atoms with Crippen LogP contribution >= 0.6 is 11.8 Å². The third-order valence-corrected chi connectivity index (χ3v) is 4.10. The summed E-state index contributed by atoms with van der Waals surface area (Å²) in [5.74, 6) is 2.86. The van der Waals surface area contributed by atoms with Crippen molar-refractivity contribution in [3.63, 3.8) is 0 Å². The summed E-state index contributed by atoms with van der Waals surface area (Å²) >= 11 is 1.83. The number of aliphatic imine (C=N–C) groups is 1. The van der Waals surface area contributed by atoms with Crippen molar-refractivity contribution < 1.29 is 0 Å². The zero-order chi connectivity index (χ0) is 11.5. The molecule has 0 radical (unpaired) electrons. The van der Waals surface area contributed by atoms with Gasteiger partial charge in [-0.3, -0.25) is 9.98 Å². The normalized spacial score (nSPS) is 19.6. The average molecular weight is 247 g/mol. The molecule has 1 N–H and O–H groups in total. The summed E-state index contributed by atoms with van der Waals surface area (Å²) in [5.41, 5.74) is 1.41. The van der Waals surface area contributed by atoms with Gasteiger partial charge in [-0.25, -0.2) is 0 Å². The highest BCUT2D eigenvalue weighted by Crippen LogP contribution is 2.40. The molecule has 1 aliphatic heterocycles. The molecule has 17 heavy (non-hydrogen) atoms. The van der Waals surface area contributed by atoms with Gasteiger partial charge >= 0.3 is 0 Å². The number of amidine groups is 1.